The SMILES string of the molecule is C[C@H]1C[C@@]2(C[C@@H](c3cn(Cc4ccc(C#N)cc4)nn3)N1)OC[C@@H](O)c1cc(Cl)sc12. The fraction of sp³-hybridized carbons (Fsp3) is 0.409. The van der Waals surface area contributed by atoms with Crippen molar-refractivity contribution in [1.29, 1.82) is 5.26 Å². The number of piperidine rings is 1. The zero-order valence-electron chi connectivity index (χ0n) is 17.0. The molecule has 0 amide bonds. The Hall–Kier alpha value is -2.28. The summed E-state index contributed by atoms with van der Waals surface area (Å²) in [4.78, 5) is 1.03. The van der Waals surface area contributed by atoms with Gasteiger partial charge in [0, 0.05) is 22.9 Å². The zero-order chi connectivity index (χ0) is 21.6. The normalized spacial score (nSPS) is 27.7. The second-order valence-corrected chi connectivity index (χ2v) is 10.0. The third-order valence-corrected chi connectivity index (χ3v) is 7.48. The highest BCUT2D eigenvalue weighted by Gasteiger charge is 2.48. The monoisotopic (exact) mass is 455 g/mol. The van der Waals surface area contributed by atoms with Gasteiger partial charge >= 0.3 is 0 Å². The Morgan fingerprint density at radius 3 is 2.97 bits per heavy atom. The molecule has 2 aliphatic rings. The number of fused-ring (bicyclic) bond motifs is 2. The van der Waals surface area contributed by atoms with Crippen molar-refractivity contribution in [3.8, 4) is 6.07 Å². The van der Waals surface area contributed by atoms with Gasteiger partial charge in [0.05, 0.1) is 47.1 Å². The van der Waals surface area contributed by atoms with E-state index in [1.807, 2.05) is 29.1 Å². The number of halogens is 1. The average molecular weight is 456 g/mol. The summed E-state index contributed by atoms with van der Waals surface area (Å²) in [5, 5.41) is 31.7. The molecule has 1 spiro atoms. The Morgan fingerprint density at radius 1 is 1.39 bits per heavy atom. The van der Waals surface area contributed by atoms with Gasteiger partial charge < -0.3 is 15.2 Å². The molecule has 0 bridgehead atoms. The molecule has 4 atom stereocenters. The molecule has 0 unspecified atom stereocenters. The summed E-state index contributed by atoms with van der Waals surface area (Å²) in [7, 11) is 0. The lowest BCUT2D eigenvalue weighted by Crippen LogP contribution is -2.50. The van der Waals surface area contributed by atoms with Gasteiger partial charge in [-0.1, -0.05) is 28.9 Å². The largest absolute Gasteiger partial charge is 0.386 e. The fourth-order valence-electron chi connectivity index (χ4n) is 4.66. The molecule has 2 N–H and O–H groups in total. The van der Waals surface area contributed by atoms with Crippen LogP contribution in [0.2, 0.25) is 4.34 Å². The van der Waals surface area contributed by atoms with Gasteiger partial charge in [0.2, 0.25) is 0 Å². The number of ether oxygens (including phenoxy) is 1. The number of aliphatic hydroxyl groups is 1. The van der Waals surface area contributed by atoms with Gasteiger partial charge in [0.15, 0.2) is 0 Å². The maximum Gasteiger partial charge on any atom is 0.106 e. The number of thiophene rings is 1. The number of nitriles is 1. The smallest absolute Gasteiger partial charge is 0.106 e. The van der Waals surface area contributed by atoms with Crippen LogP contribution in [0, 0.1) is 11.3 Å². The molecule has 0 aliphatic carbocycles. The number of nitrogens with zero attached hydrogens (tertiary/aromatic N) is 4. The number of nitrogens with one attached hydrogen (secondary N) is 1. The highest BCUT2D eigenvalue weighted by molar-refractivity contribution is 7.16. The summed E-state index contributed by atoms with van der Waals surface area (Å²) in [5.74, 6) is 0. The Labute approximate surface area is 189 Å². The van der Waals surface area contributed by atoms with Gasteiger partial charge in [0.1, 0.15) is 11.7 Å². The number of hydrogen-bond donors (Lipinski definition) is 2. The molecule has 1 saturated heterocycles. The molecular weight excluding hydrogens is 434 g/mol. The quantitative estimate of drug-likeness (QED) is 0.625. The van der Waals surface area contributed by atoms with Gasteiger partial charge in [-0.05, 0) is 37.1 Å². The van der Waals surface area contributed by atoms with Crippen LogP contribution in [0.5, 0.6) is 0 Å². The Balaban J connectivity index is 1.39. The summed E-state index contributed by atoms with van der Waals surface area (Å²) < 4.78 is 8.77. The summed E-state index contributed by atoms with van der Waals surface area (Å²) in [5.41, 5.74) is 2.95. The van der Waals surface area contributed by atoms with Crippen molar-refractivity contribution >= 4 is 22.9 Å². The second kappa shape index (κ2) is 8.01. The van der Waals surface area contributed by atoms with E-state index in [2.05, 4.69) is 28.6 Å². The number of aliphatic hydroxyl groups excluding tert-OH is 1. The molecule has 7 nitrogen and oxygen atoms in total. The van der Waals surface area contributed by atoms with Crippen LogP contribution in [0.4, 0.5) is 0 Å². The van der Waals surface area contributed by atoms with Crippen LogP contribution in [-0.4, -0.2) is 32.7 Å². The van der Waals surface area contributed by atoms with Gasteiger partial charge in [-0.2, -0.15) is 5.26 Å². The molecule has 2 aromatic heterocycles. The predicted molar refractivity (Wildman–Crippen MR) is 117 cm³/mol. The standard InChI is InChI=1S/C22H22ClN5O2S/c1-13-7-22(21-16(6-20(23)31-21)19(29)12-30-22)8-17(25-13)18-11-28(27-26-18)10-15-4-2-14(9-24)3-5-15/h2-6,11,13,17,19,25,29H,7-8,10,12H2,1H3/t13-,17-,19+,22-/m0/s1. The molecular formula is C22H22ClN5O2S. The van der Waals surface area contributed by atoms with Gasteiger partial charge in [-0.25, -0.2) is 4.68 Å². The van der Waals surface area contributed by atoms with E-state index in [1.54, 1.807) is 12.1 Å². The third-order valence-electron chi connectivity index (χ3n) is 6.02. The molecule has 1 fully saturated rings. The predicted octanol–water partition coefficient (Wildman–Crippen LogP) is 3.69. The van der Waals surface area contributed by atoms with E-state index < -0.39 is 11.7 Å². The van der Waals surface area contributed by atoms with E-state index in [-0.39, 0.29) is 18.7 Å². The van der Waals surface area contributed by atoms with E-state index in [0.29, 0.717) is 22.9 Å². The van der Waals surface area contributed by atoms with E-state index in [0.717, 1.165) is 28.1 Å². The first-order valence-electron chi connectivity index (χ1n) is 10.2. The van der Waals surface area contributed by atoms with Crippen molar-refractivity contribution in [3.63, 3.8) is 0 Å². The average Bonchev–Trinajstić information content (AvgIpc) is 3.39. The molecule has 1 aromatic carbocycles. The molecule has 0 radical (unpaired) electrons. The molecule has 160 valence electrons. The molecule has 4 heterocycles. The van der Waals surface area contributed by atoms with Crippen molar-refractivity contribution in [1.82, 2.24) is 20.3 Å². The van der Waals surface area contributed by atoms with Crippen LogP contribution >= 0.6 is 22.9 Å². The summed E-state index contributed by atoms with van der Waals surface area (Å²) in [6.45, 7) is 2.99. The van der Waals surface area contributed by atoms with Crippen molar-refractivity contribution in [2.75, 3.05) is 6.61 Å². The number of hydrogen-bond acceptors (Lipinski definition) is 7. The topological polar surface area (TPSA) is 96.0 Å². The first-order chi connectivity index (χ1) is 15.0. The van der Waals surface area contributed by atoms with E-state index in [1.165, 1.54) is 11.3 Å². The minimum absolute atomic E-state index is 0.0255. The van der Waals surface area contributed by atoms with Crippen molar-refractivity contribution in [3.05, 3.63) is 68.1 Å². The Kier molecular flexibility index (Phi) is 5.32. The molecule has 0 saturated carbocycles. The van der Waals surface area contributed by atoms with E-state index in [9.17, 15) is 5.11 Å². The lowest BCUT2D eigenvalue weighted by Gasteiger charge is -2.46. The third kappa shape index (κ3) is 3.88. The van der Waals surface area contributed by atoms with Crippen molar-refractivity contribution in [2.45, 2.75) is 50.1 Å². The number of aromatic nitrogens is 3. The van der Waals surface area contributed by atoms with Crippen LogP contribution in [0.1, 0.15) is 59.2 Å². The lowest BCUT2D eigenvalue weighted by molar-refractivity contribution is -0.129. The summed E-state index contributed by atoms with van der Waals surface area (Å²) in [6.07, 6.45) is 2.83. The van der Waals surface area contributed by atoms with Gasteiger partial charge in [0.25, 0.3) is 0 Å². The first kappa shape index (κ1) is 20.6. The minimum atomic E-state index is -0.638. The molecule has 2 aliphatic heterocycles. The summed E-state index contributed by atoms with van der Waals surface area (Å²) >= 11 is 7.80. The van der Waals surface area contributed by atoms with Gasteiger partial charge in [-0.3, -0.25) is 0 Å². The highest BCUT2D eigenvalue weighted by atomic mass is 35.5. The van der Waals surface area contributed by atoms with Crippen LogP contribution in [0.15, 0.2) is 36.5 Å². The molecule has 31 heavy (non-hydrogen) atoms. The van der Waals surface area contributed by atoms with Crippen molar-refractivity contribution < 1.29 is 9.84 Å². The van der Waals surface area contributed by atoms with E-state index in [4.69, 9.17) is 21.6 Å². The minimum Gasteiger partial charge on any atom is -0.386 e. The molecule has 3 aromatic rings. The maximum absolute atomic E-state index is 10.4. The van der Waals surface area contributed by atoms with Crippen LogP contribution in [0.25, 0.3) is 0 Å². The van der Waals surface area contributed by atoms with Crippen molar-refractivity contribution in [2.24, 2.45) is 0 Å². The van der Waals surface area contributed by atoms with Crippen LogP contribution in [0.3, 0.4) is 0 Å². The molecule has 5 rings (SSSR count). The molecule has 9 heteroatoms. The second-order valence-electron chi connectivity index (χ2n) is 8.33. The van der Waals surface area contributed by atoms with Crippen LogP contribution in [-0.2, 0) is 16.9 Å². The highest BCUT2D eigenvalue weighted by Crippen LogP contribution is 2.51. The van der Waals surface area contributed by atoms with Gasteiger partial charge in [-0.15, -0.1) is 16.4 Å². The maximum atomic E-state index is 10.4. The van der Waals surface area contributed by atoms with Crippen LogP contribution < -0.4 is 5.32 Å². The Morgan fingerprint density at radius 2 is 2.19 bits per heavy atom. The Bertz CT molecular complexity index is 1140. The van der Waals surface area contributed by atoms with E-state index >= 15 is 0 Å². The summed E-state index contributed by atoms with van der Waals surface area (Å²) in [6, 6.07) is 11.6. The lowest BCUT2D eigenvalue weighted by atomic mass is 9.79. The first-order valence-corrected chi connectivity index (χ1v) is 11.4. The number of benzene rings is 1. The number of rotatable bonds is 3. The fourth-order valence-corrected chi connectivity index (χ4v) is 6.11. The zero-order valence-corrected chi connectivity index (χ0v) is 18.5.